The summed E-state index contributed by atoms with van der Waals surface area (Å²) in [6, 6.07) is 2.63. The zero-order valence-corrected chi connectivity index (χ0v) is 11.4. The number of aromatic nitrogens is 2. The summed E-state index contributed by atoms with van der Waals surface area (Å²) in [7, 11) is 1.60. The lowest BCUT2D eigenvalue weighted by Gasteiger charge is -2.17. The molecule has 0 spiro atoms. The fourth-order valence-electron chi connectivity index (χ4n) is 1.52. The molecule has 20 heavy (non-hydrogen) atoms. The summed E-state index contributed by atoms with van der Waals surface area (Å²) in [6.07, 6.45) is 1.36. The fourth-order valence-corrected chi connectivity index (χ4v) is 2.07. The molecule has 2 aromatic rings. The molecule has 2 heterocycles. The molecule has 2 rings (SSSR count). The van der Waals surface area contributed by atoms with Crippen molar-refractivity contribution in [2.75, 3.05) is 12.4 Å². The zero-order valence-electron chi connectivity index (χ0n) is 10.6. The lowest BCUT2D eigenvalue weighted by molar-refractivity contribution is 0.0691. The Kier molecular flexibility index (Phi) is 4.26. The summed E-state index contributed by atoms with van der Waals surface area (Å²) in [5.74, 6) is -1.19. The van der Waals surface area contributed by atoms with Crippen LogP contribution in [0.5, 0.6) is 0 Å². The number of carboxylic acids is 1. The van der Waals surface area contributed by atoms with E-state index >= 15 is 0 Å². The maximum atomic E-state index is 12.0. The molecule has 0 radical (unpaired) electrons. The van der Waals surface area contributed by atoms with Crippen LogP contribution < -0.4 is 5.32 Å². The average molecular weight is 292 g/mol. The molecule has 0 unspecified atom stereocenters. The summed E-state index contributed by atoms with van der Waals surface area (Å²) in [6.45, 7) is 0.345. The molecule has 0 aliphatic heterocycles. The molecule has 0 atom stereocenters. The van der Waals surface area contributed by atoms with Crippen LogP contribution in [0.2, 0.25) is 0 Å². The molecule has 0 fully saturated rings. The van der Waals surface area contributed by atoms with E-state index in [1.807, 2.05) is 5.38 Å². The Morgan fingerprint density at radius 2 is 2.25 bits per heavy atom. The number of nitrogens with one attached hydrogen (secondary N) is 1. The van der Waals surface area contributed by atoms with Crippen molar-refractivity contribution in [1.82, 2.24) is 14.9 Å². The molecule has 0 aliphatic rings. The molecule has 0 saturated heterocycles. The van der Waals surface area contributed by atoms with E-state index < -0.39 is 12.0 Å². The molecule has 8 heteroatoms. The van der Waals surface area contributed by atoms with E-state index in [1.165, 1.54) is 28.5 Å². The molecule has 0 bridgehead atoms. The molecule has 7 nitrogen and oxygen atoms in total. The van der Waals surface area contributed by atoms with Gasteiger partial charge < -0.3 is 15.3 Å². The summed E-state index contributed by atoms with van der Waals surface area (Å²) in [5, 5.41) is 13.4. The van der Waals surface area contributed by atoms with Crippen molar-refractivity contribution in [1.29, 1.82) is 0 Å². The van der Waals surface area contributed by atoms with Gasteiger partial charge in [0.2, 0.25) is 0 Å². The predicted octanol–water partition coefficient (Wildman–Crippen LogP) is 1.90. The average Bonchev–Trinajstić information content (AvgIpc) is 2.91. The van der Waals surface area contributed by atoms with Crippen LogP contribution in [0.1, 0.15) is 16.2 Å². The Morgan fingerprint density at radius 3 is 2.90 bits per heavy atom. The maximum Gasteiger partial charge on any atom is 0.356 e. The van der Waals surface area contributed by atoms with Crippen LogP contribution in [-0.2, 0) is 6.54 Å². The van der Waals surface area contributed by atoms with E-state index in [9.17, 15) is 9.59 Å². The second kappa shape index (κ2) is 6.11. The van der Waals surface area contributed by atoms with E-state index in [2.05, 4.69) is 15.3 Å². The minimum absolute atomic E-state index is 0.162. The highest BCUT2D eigenvalue weighted by Crippen LogP contribution is 2.13. The number of amides is 2. The molecule has 104 valence electrons. The first kappa shape index (κ1) is 13.9. The van der Waals surface area contributed by atoms with Crippen molar-refractivity contribution in [3.8, 4) is 0 Å². The van der Waals surface area contributed by atoms with Gasteiger partial charge in [0.15, 0.2) is 5.69 Å². The molecular formula is C12H12N4O3S. The van der Waals surface area contributed by atoms with Crippen molar-refractivity contribution < 1.29 is 14.7 Å². The topological polar surface area (TPSA) is 95.4 Å². The number of anilines is 1. The van der Waals surface area contributed by atoms with Crippen LogP contribution >= 0.6 is 11.3 Å². The van der Waals surface area contributed by atoms with E-state index in [4.69, 9.17) is 5.11 Å². The molecular weight excluding hydrogens is 280 g/mol. The van der Waals surface area contributed by atoms with E-state index in [0.717, 1.165) is 5.69 Å². The van der Waals surface area contributed by atoms with Crippen LogP contribution in [0.4, 0.5) is 10.5 Å². The number of thiazole rings is 1. The van der Waals surface area contributed by atoms with Crippen molar-refractivity contribution in [2.45, 2.75) is 6.54 Å². The van der Waals surface area contributed by atoms with Gasteiger partial charge in [0.25, 0.3) is 0 Å². The number of nitrogens with zero attached hydrogens (tertiary/aromatic N) is 3. The first-order chi connectivity index (χ1) is 9.58. The second-order valence-electron chi connectivity index (χ2n) is 3.97. The van der Waals surface area contributed by atoms with Crippen LogP contribution in [0.25, 0.3) is 0 Å². The van der Waals surface area contributed by atoms with Gasteiger partial charge >= 0.3 is 12.0 Å². The second-order valence-corrected chi connectivity index (χ2v) is 4.69. The van der Waals surface area contributed by atoms with E-state index in [1.54, 1.807) is 18.6 Å². The van der Waals surface area contributed by atoms with Gasteiger partial charge in [0, 0.05) is 18.6 Å². The Hall–Kier alpha value is -2.48. The van der Waals surface area contributed by atoms with Gasteiger partial charge in [-0.2, -0.15) is 0 Å². The lowest BCUT2D eigenvalue weighted by atomic mass is 10.3. The highest BCUT2D eigenvalue weighted by atomic mass is 32.1. The lowest BCUT2D eigenvalue weighted by Crippen LogP contribution is -2.31. The highest BCUT2D eigenvalue weighted by Gasteiger charge is 2.16. The third kappa shape index (κ3) is 3.29. The summed E-state index contributed by atoms with van der Waals surface area (Å²) >= 11 is 1.45. The van der Waals surface area contributed by atoms with Crippen molar-refractivity contribution in [3.05, 3.63) is 40.6 Å². The molecule has 0 saturated carbocycles. The van der Waals surface area contributed by atoms with Crippen LogP contribution in [-0.4, -0.2) is 39.0 Å². The zero-order chi connectivity index (χ0) is 14.5. The Morgan fingerprint density at radius 1 is 1.45 bits per heavy atom. The Labute approximate surface area is 118 Å². The Balaban J connectivity index is 2.06. The summed E-state index contributed by atoms with van der Waals surface area (Å²) in [5.41, 5.74) is 2.43. The monoisotopic (exact) mass is 292 g/mol. The van der Waals surface area contributed by atoms with Crippen molar-refractivity contribution in [2.24, 2.45) is 0 Å². The van der Waals surface area contributed by atoms with Crippen molar-refractivity contribution in [3.63, 3.8) is 0 Å². The minimum atomic E-state index is -1.19. The van der Waals surface area contributed by atoms with Gasteiger partial charge in [-0.3, -0.25) is 0 Å². The van der Waals surface area contributed by atoms with Gasteiger partial charge in [-0.25, -0.2) is 19.6 Å². The van der Waals surface area contributed by atoms with Gasteiger partial charge in [0.05, 0.1) is 23.4 Å². The molecule has 0 aromatic carbocycles. The summed E-state index contributed by atoms with van der Waals surface area (Å²) < 4.78 is 0. The number of urea groups is 1. The van der Waals surface area contributed by atoms with Gasteiger partial charge in [0.1, 0.15) is 0 Å². The van der Waals surface area contributed by atoms with Gasteiger partial charge in [-0.15, -0.1) is 11.3 Å². The van der Waals surface area contributed by atoms with E-state index in [-0.39, 0.29) is 11.4 Å². The minimum Gasteiger partial charge on any atom is -0.476 e. The number of rotatable bonds is 4. The number of carbonyl (C=O) groups is 2. The Bertz CT molecular complexity index is 615. The largest absolute Gasteiger partial charge is 0.476 e. The predicted molar refractivity (Wildman–Crippen MR) is 73.8 cm³/mol. The number of carboxylic acid groups (broad SMARTS) is 1. The number of hydrogen-bond donors (Lipinski definition) is 2. The van der Waals surface area contributed by atoms with Crippen LogP contribution in [0, 0.1) is 0 Å². The molecule has 2 aromatic heterocycles. The third-order valence-electron chi connectivity index (χ3n) is 2.48. The van der Waals surface area contributed by atoms with E-state index in [0.29, 0.717) is 6.54 Å². The van der Waals surface area contributed by atoms with Crippen LogP contribution in [0.15, 0.2) is 29.2 Å². The number of pyridine rings is 1. The van der Waals surface area contributed by atoms with Crippen molar-refractivity contribution >= 4 is 29.0 Å². The number of carbonyl (C=O) groups excluding carboxylic acids is 1. The SMILES string of the molecule is CN(Cc1cscn1)C(=O)Nc1cccnc1C(=O)O. The molecule has 2 amide bonds. The number of aromatic carboxylic acids is 1. The smallest absolute Gasteiger partial charge is 0.356 e. The quantitative estimate of drug-likeness (QED) is 0.897. The number of hydrogen-bond acceptors (Lipinski definition) is 5. The highest BCUT2D eigenvalue weighted by molar-refractivity contribution is 7.07. The maximum absolute atomic E-state index is 12.0. The first-order valence-electron chi connectivity index (χ1n) is 5.65. The first-order valence-corrected chi connectivity index (χ1v) is 6.59. The van der Waals surface area contributed by atoms with Crippen LogP contribution in [0.3, 0.4) is 0 Å². The third-order valence-corrected chi connectivity index (χ3v) is 3.12. The van der Waals surface area contributed by atoms with Gasteiger partial charge in [-0.1, -0.05) is 0 Å². The normalized spacial score (nSPS) is 10.1. The fraction of sp³-hybridized carbons (Fsp3) is 0.167. The standard InChI is InChI=1S/C12H12N4O3S/c1-16(5-8-6-20-7-14-8)12(19)15-9-3-2-4-13-10(9)11(17)18/h2-4,6-7H,5H2,1H3,(H,15,19)(H,17,18). The summed E-state index contributed by atoms with van der Waals surface area (Å²) in [4.78, 5) is 32.2. The van der Waals surface area contributed by atoms with Gasteiger partial charge in [-0.05, 0) is 12.1 Å². The molecule has 2 N–H and O–H groups in total. The molecule has 0 aliphatic carbocycles.